The van der Waals surface area contributed by atoms with Crippen molar-refractivity contribution in [3.63, 3.8) is 0 Å². The lowest BCUT2D eigenvalue weighted by Gasteiger charge is -2.07. The number of methoxy groups -OCH3 is 1. The van der Waals surface area contributed by atoms with Gasteiger partial charge in [0.15, 0.2) is 5.96 Å². The molecule has 0 saturated heterocycles. The molecule has 0 unspecified atom stereocenters. The number of carbonyl (C=O) groups is 2. The van der Waals surface area contributed by atoms with Gasteiger partial charge in [-0.2, -0.15) is 4.99 Å². The van der Waals surface area contributed by atoms with Crippen molar-refractivity contribution in [2.45, 2.75) is 0 Å². The summed E-state index contributed by atoms with van der Waals surface area (Å²) in [5.41, 5.74) is 12.3. The predicted molar refractivity (Wildman–Crippen MR) is 87.0 cm³/mol. The maximum Gasteiger partial charge on any atom is 0.330 e. The number of aliphatic imine (C=N–C) groups is 1. The first kappa shape index (κ1) is 16.0. The van der Waals surface area contributed by atoms with E-state index in [1.54, 1.807) is 30.5 Å². The highest BCUT2D eigenvalue weighted by molar-refractivity contribution is 6.02. The Bertz CT molecular complexity index is 786. The SMILES string of the molecule is COC(=O)/C=C/c1cccn1-c1cccc(C(=O)N=C(N)N)c1. The van der Waals surface area contributed by atoms with E-state index in [2.05, 4.69) is 9.73 Å². The molecule has 2 rings (SSSR count). The molecule has 0 spiro atoms. The molecule has 2 aromatic rings. The number of ether oxygens (including phenoxy) is 1. The number of nitrogens with zero attached hydrogens (tertiary/aromatic N) is 2. The van der Waals surface area contributed by atoms with E-state index < -0.39 is 11.9 Å². The Morgan fingerprint density at radius 3 is 2.70 bits per heavy atom. The minimum atomic E-state index is -0.523. The Balaban J connectivity index is 2.35. The first-order valence-electron chi connectivity index (χ1n) is 6.69. The number of aromatic nitrogens is 1. The van der Waals surface area contributed by atoms with Crippen LogP contribution in [0.25, 0.3) is 11.8 Å². The van der Waals surface area contributed by atoms with Crippen LogP contribution in [0.4, 0.5) is 0 Å². The van der Waals surface area contributed by atoms with Gasteiger partial charge in [0, 0.05) is 29.2 Å². The smallest absolute Gasteiger partial charge is 0.330 e. The van der Waals surface area contributed by atoms with Gasteiger partial charge in [-0.05, 0) is 36.4 Å². The summed E-state index contributed by atoms with van der Waals surface area (Å²) in [7, 11) is 1.31. The average molecular weight is 312 g/mol. The number of nitrogens with two attached hydrogens (primary N) is 2. The normalized spacial score (nSPS) is 10.5. The van der Waals surface area contributed by atoms with E-state index in [4.69, 9.17) is 11.5 Å². The number of hydrogen-bond acceptors (Lipinski definition) is 3. The van der Waals surface area contributed by atoms with Crippen molar-refractivity contribution in [1.29, 1.82) is 0 Å². The highest BCUT2D eigenvalue weighted by Gasteiger charge is 2.07. The number of carbonyl (C=O) groups excluding carboxylic acids is 2. The molecule has 7 nitrogen and oxygen atoms in total. The Kier molecular flexibility index (Phi) is 4.93. The van der Waals surface area contributed by atoms with Crippen molar-refractivity contribution in [2.24, 2.45) is 16.5 Å². The summed E-state index contributed by atoms with van der Waals surface area (Å²) in [6.07, 6.45) is 4.75. The van der Waals surface area contributed by atoms with Crippen LogP contribution in [0.2, 0.25) is 0 Å². The predicted octanol–water partition coefficient (Wildman–Crippen LogP) is 1.08. The van der Waals surface area contributed by atoms with E-state index in [1.165, 1.54) is 13.2 Å². The second-order valence-electron chi connectivity index (χ2n) is 4.55. The molecule has 0 bridgehead atoms. The first-order chi connectivity index (χ1) is 11.0. The summed E-state index contributed by atoms with van der Waals surface area (Å²) in [5, 5.41) is 0. The van der Waals surface area contributed by atoms with E-state index in [1.807, 2.05) is 22.8 Å². The molecule has 0 saturated carbocycles. The molecule has 1 heterocycles. The lowest BCUT2D eigenvalue weighted by molar-refractivity contribution is -0.134. The van der Waals surface area contributed by atoms with E-state index in [9.17, 15) is 9.59 Å². The molecule has 0 aliphatic rings. The fourth-order valence-corrected chi connectivity index (χ4v) is 1.96. The quantitative estimate of drug-likeness (QED) is 0.379. The molecule has 0 radical (unpaired) electrons. The molecule has 1 aromatic carbocycles. The van der Waals surface area contributed by atoms with Gasteiger partial charge in [0.25, 0.3) is 5.91 Å². The van der Waals surface area contributed by atoms with Gasteiger partial charge in [-0.25, -0.2) is 4.79 Å². The van der Waals surface area contributed by atoms with Crippen molar-refractivity contribution in [2.75, 3.05) is 7.11 Å². The molecule has 0 aliphatic carbocycles. The van der Waals surface area contributed by atoms with Crippen LogP contribution in [0.1, 0.15) is 16.1 Å². The topological polar surface area (TPSA) is 113 Å². The molecule has 7 heteroatoms. The molecular formula is C16H16N4O3. The number of rotatable bonds is 4. The largest absolute Gasteiger partial charge is 0.466 e. The van der Waals surface area contributed by atoms with Crippen LogP contribution < -0.4 is 11.5 Å². The summed E-state index contributed by atoms with van der Waals surface area (Å²) >= 11 is 0. The summed E-state index contributed by atoms with van der Waals surface area (Å²) < 4.78 is 6.37. The van der Waals surface area contributed by atoms with Gasteiger partial charge in [0.05, 0.1) is 7.11 Å². The number of benzene rings is 1. The second kappa shape index (κ2) is 7.08. The summed E-state index contributed by atoms with van der Waals surface area (Å²) in [5.74, 6) is -1.26. The minimum Gasteiger partial charge on any atom is -0.466 e. The minimum absolute atomic E-state index is 0.289. The molecule has 0 fully saturated rings. The molecule has 1 amide bonds. The van der Waals surface area contributed by atoms with Crippen LogP contribution in [0.5, 0.6) is 0 Å². The standard InChI is InChI=1S/C16H16N4O3/c1-23-14(21)8-7-12-6-3-9-20(12)13-5-2-4-11(10-13)15(22)19-16(17)18/h2-10H,1H3,(H4,17,18,19,22)/b8-7+. The van der Waals surface area contributed by atoms with E-state index in [-0.39, 0.29) is 5.96 Å². The van der Waals surface area contributed by atoms with Crippen molar-refractivity contribution in [3.05, 3.63) is 59.9 Å². The number of amides is 1. The first-order valence-corrected chi connectivity index (χ1v) is 6.69. The maximum absolute atomic E-state index is 11.9. The second-order valence-corrected chi connectivity index (χ2v) is 4.55. The zero-order chi connectivity index (χ0) is 16.8. The average Bonchev–Trinajstić information content (AvgIpc) is 3.00. The molecule has 0 atom stereocenters. The Morgan fingerprint density at radius 2 is 2.00 bits per heavy atom. The van der Waals surface area contributed by atoms with Gasteiger partial charge in [0.1, 0.15) is 0 Å². The van der Waals surface area contributed by atoms with Crippen molar-refractivity contribution < 1.29 is 14.3 Å². The molecule has 23 heavy (non-hydrogen) atoms. The lowest BCUT2D eigenvalue weighted by Crippen LogP contribution is -2.24. The maximum atomic E-state index is 11.9. The van der Waals surface area contributed by atoms with E-state index >= 15 is 0 Å². The van der Waals surface area contributed by atoms with Gasteiger partial charge < -0.3 is 20.8 Å². The highest BCUT2D eigenvalue weighted by atomic mass is 16.5. The van der Waals surface area contributed by atoms with E-state index in [0.29, 0.717) is 5.56 Å². The van der Waals surface area contributed by atoms with Crippen molar-refractivity contribution in [3.8, 4) is 5.69 Å². The van der Waals surface area contributed by atoms with Gasteiger partial charge >= 0.3 is 5.97 Å². The molecule has 118 valence electrons. The van der Waals surface area contributed by atoms with Crippen LogP contribution in [0.15, 0.2) is 53.7 Å². The number of hydrogen-bond donors (Lipinski definition) is 2. The van der Waals surface area contributed by atoms with Crippen LogP contribution in [0.3, 0.4) is 0 Å². The van der Waals surface area contributed by atoms with Gasteiger partial charge in [-0.3, -0.25) is 4.79 Å². The van der Waals surface area contributed by atoms with Gasteiger partial charge in [0.2, 0.25) is 0 Å². The Labute approximate surface area is 132 Å². The Morgan fingerprint density at radius 1 is 1.22 bits per heavy atom. The zero-order valence-corrected chi connectivity index (χ0v) is 12.5. The third-order valence-electron chi connectivity index (χ3n) is 2.97. The summed E-state index contributed by atoms with van der Waals surface area (Å²) in [4.78, 5) is 26.6. The fourth-order valence-electron chi connectivity index (χ4n) is 1.96. The van der Waals surface area contributed by atoms with Crippen molar-refractivity contribution in [1.82, 2.24) is 4.57 Å². The van der Waals surface area contributed by atoms with Crippen LogP contribution in [0, 0.1) is 0 Å². The molecule has 4 N–H and O–H groups in total. The monoisotopic (exact) mass is 312 g/mol. The van der Waals surface area contributed by atoms with Gasteiger partial charge in [-0.1, -0.05) is 6.07 Å². The molecule has 1 aromatic heterocycles. The summed E-state index contributed by atoms with van der Waals surface area (Å²) in [6.45, 7) is 0. The van der Waals surface area contributed by atoms with Crippen molar-refractivity contribution >= 4 is 23.9 Å². The molecule has 0 aliphatic heterocycles. The van der Waals surface area contributed by atoms with Crippen LogP contribution in [-0.4, -0.2) is 29.5 Å². The van der Waals surface area contributed by atoms with Gasteiger partial charge in [-0.15, -0.1) is 0 Å². The number of guanidine groups is 1. The Hall–Kier alpha value is -3.35. The highest BCUT2D eigenvalue weighted by Crippen LogP contribution is 2.16. The number of esters is 1. The fraction of sp³-hybridized carbons (Fsp3) is 0.0625. The summed E-state index contributed by atoms with van der Waals surface area (Å²) in [6, 6.07) is 10.5. The molecular weight excluding hydrogens is 296 g/mol. The third kappa shape index (κ3) is 4.07. The van der Waals surface area contributed by atoms with E-state index in [0.717, 1.165) is 11.4 Å². The van der Waals surface area contributed by atoms with Crippen LogP contribution in [-0.2, 0) is 9.53 Å². The zero-order valence-electron chi connectivity index (χ0n) is 12.5. The lowest BCUT2D eigenvalue weighted by atomic mass is 10.2. The third-order valence-corrected chi connectivity index (χ3v) is 2.97. The van der Waals surface area contributed by atoms with Crippen LogP contribution >= 0.6 is 0 Å².